The van der Waals surface area contributed by atoms with Crippen molar-refractivity contribution in [2.24, 2.45) is 0 Å². The lowest BCUT2D eigenvalue weighted by molar-refractivity contribution is -0.138. The summed E-state index contributed by atoms with van der Waals surface area (Å²) in [5, 5.41) is 19.0. The standard InChI is InChI=1S/C15H21NO4/c1-20-13-6-5-11(14(17)9-13)10-16-7-3-2-4-12(16)8-15(18)19/h5-6,9,12,17H,2-4,7-8,10H2,1H3,(H,18,19). The van der Waals surface area contributed by atoms with Crippen LogP contribution in [-0.4, -0.2) is 40.8 Å². The average molecular weight is 279 g/mol. The number of carboxylic acid groups (broad SMARTS) is 1. The molecule has 1 atom stereocenters. The van der Waals surface area contributed by atoms with Crippen molar-refractivity contribution in [2.45, 2.75) is 38.3 Å². The van der Waals surface area contributed by atoms with Gasteiger partial charge >= 0.3 is 5.97 Å². The quantitative estimate of drug-likeness (QED) is 0.865. The Morgan fingerprint density at radius 2 is 2.25 bits per heavy atom. The topological polar surface area (TPSA) is 70.0 Å². The number of carboxylic acids is 1. The average Bonchev–Trinajstić information content (AvgIpc) is 2.42. The number of benzene rings is 1. The van der Waals surface area contributed by atoms with E-state index in [1.54, 1.807) is 13.2 Å². The van der Waals surface area contributed by atoms with Crippen LogP contribution in [0.2, 0.25) is 0 Å². The highest BCUT2D eigenvalue weighted by Gasteiger charge is 2.25. The predicted molar refractivity (Wildman–Crippen MR) is 75.0 cm³/mol. The molecule has 5 nitrogen and oxygen atoms in total. The number of rotatable bonds is 5. The molecular formula is C15H21NO4. The lowest BCUT2D eigenvalue weighted by Crippen LogP contribution is -2.40. The highest BCUT2D eigenvalue weighted by Crippen LogP contribution is 2.28. The Morgan fingerprint density at radius 1 is 1.45 bits per heavy atom. The molecule has 0 radical (unpaired) electrons. The maximum atomic E-state index is 10.9. The van der Waals surface area contributed by atoms with Crippen molar-refractivity contribution in [3.8, 4) is 11.5 Å². The molecule has 110 valence electrons. The summed E-state index contributed by atoms with van der Waals surface area (Å²) in [4.78, 5) is 13.1. The van der Waals surface area contributed by atoms with Gasteiger partial charge in [0.1, 0.15) is 11.5 Å². The lowest BCUT2D eigenvalue weighted by atomic mass is 9.98. The number of piperidine rings is 1. The molecule has 2 N–H and O–H groups in total. The van der Waals surface area contributed by atoms with Gasteiger partial charge in [-0.15, -0.1) is 0 Å². The Hall–Kier alpha value is -1.75. The molecule has 0 amide bonds. The Balaban J connectivity index is 2.08. The summed E-state index contributed by atoms with van der Waals surface area (Å²) in [5.74, 6) is 0.0526. The maximum absolute atomic E-state index is 10.9. The van der Waals surface area contributed by atoms with Gasteiger partial charge in [-0.05, 0) is 25.5 Å². The number of hydrogen-bond donors (Lipinski definition) is 2. The summed E-state index contributed by atoms with van der Waals surface area (Å²) >= 11 is 0. The van der Waals surface area contributed by atoms with Crippen LogP contribution in [0.15, 0.2) is 18.2 Å². The SMILES string of the molecule is COc1ccc(CN2CCCCC2CC(=O)O)c(O)c1. The normalized spacial score (nSPS) is 19.8. The van der Waals surface area contributed by atoms with Crippen LogP contribution in [0.4, 0.5) is 0 Å². The van der Waals surface area contributed by atoms with Crippen molar-refractivity contribution < 1.29 is 19.7 Å². The molecular weight excluding hydrogens is 258 g/mol. The predicted octanol–water partition coefficient (Wildman–Crippen LogP) is 2.23. The highest BCUT2D eigenvalue weighted by molar-refractivity contribution is 5.67. The van der Waals surface area contributed by atoms with E-state index in [2.05, 4.69) is 4.90 Å². The second-order valence-electron chi connectivity index (χ2n) is 5.21. The van der Waals surface area contributed by atoms with Gasteiger partial charge in [0, 0.05) is 24.2 Å². The summed E-state index contributed by atoms with van der Waals surface area (Å²) < 4.78 is 5.06. The third-order valence-corrected chi connectivity index (χ3v) is 3.83. The van der Waals surface area contributed by atoms with Crippen molar-refractivity contribution in [2.75, 3.05) is 13.7 Å². The molecule has 0 aliphatic carbocycles. The smallest absolute Gasteiger partial charge is 0.304 e. The molecule has 0 saturated carbocycles. The van der Waals surface area contributed by atoms with Crippen LogP contribution in [0.3, 0.4) is 0 Å². The zero-order valence-electron chi connectivity index (χ0n) is 11.7. The minimum Gasteiger partial charge on any atom is -0.507 e. The van der Waals surface area contributed by atoms with E-state index in [9.17, 15) is 9.90 Å². The van der Waals surface area contributed by atoms with Crippen LogP contribution >= 0.6 is 0 Å². The first-order valence-corrected chi connectivity index (χ1v) is 6.92. The summed E-state index contributed by atoms with van der Waals surface area (Å²) in [6.45, 7) is 1.46. The molecule has 1 saturated heterocycles. The monoisotopic (exact) mass is 279 g/mol. The molecule has 0 spiro atoms. The van der Waals surface area contributed by atoms with E-state index < -0.39 is 5.97 Å². The fourth-order valence-corrected chi connectivity index (χ4v) is 2.72. The second kappa shape index (κ2) is 6.61. The molecule has 20 heavy (non-hydrogen) atoms. The number of likely N-dealkylation sites (tertiary alicyclic amines) is 1. The fraction of sp³-hybridized carbons (Fsp3) is 0.533. The number of phenolic OH excluding ortho intramolecular Hbond substituents is 1. The van der Waals surface area contributed by atoms with E-state index in [-0.39, 0.29) is 18.2 Å². The van der Waals surface area contributed by atoms with Crippen molar-refractivity contribution in [3.63, 3.8) is 0 Å². The van der Waals surface area contributed by atoms with Gasteiger partial charge in [0.15, 0.2) is 0 Å². The second-order valence-corrected chi connectivity index (χ2v) is 5.21. The van der Waals surface area contributed by atoms with Crippen molar-refractivity contribution >= 4 is 5.97 Å². The van der Waals surface area contributed by atoms with Crippen LogP contribution in [0, 0.1) is 0 Å². The number of carbonyl (C=O) groups is 1. The molecule has 1 aliphatic heterocycles. The minimum atomic E-state index is -0.763. The van der Waals surface area contributed by atoms with Crippen molar-refractivity contribution in [1.82, 2.24) is 4.90 Å². The third-order valence-electron chi connectivity index (χ3n) is 3.83. The van der Waals surface area contributed by atoms with Crippen LogP contribution in [0.1, 0.15) is 31.2 Å². The minimum absolute atomic E-state index is 0.0581. The molecule has 1 unspecified atom stereocenters. The van der Waals surface area contributed by atoms with E-state index in [1.165, 1.54) is 0 Å². The Labute approximate surface area is 118 Å². The van der Waals surface area contributed by atoms with Crippen molar-refractivity contribution in [1.29, 1.82) is 0 Å². The van der Waals surface area contributed by atoms with Crippen LogP contribution in [0.5, 0.6) is 11.5 Å². The van der Waals surface area contributed by atoms with E-state index >= 15 is 0 Å². The molecule has 0 aromatic heterocycles. The van der Waals surface area contributed by atoms with Gasteiger partial charge in [0.05, 0.1) is 13.5 Å². The first kappa shape index (κ1) is 14.7. The Morgan fingerprint density at radius 3 is 2.90 bits per heavy atom. The molecule has 2 rings (SSSR count). The van der Waals surface area contributed by atoms with Crippen LogP contribution in [-0.2, 0) is 11.3 Å². The van der Waals surface area contributed by atoms with E-state index in [1.807, 2.05) is 12.1 Å². The first-order valence-electron chi connectivity index (χ1n) is 6.92. The first-order chi connectivity index (χ1) is 9.60. The molecule has 1 aromatic rings. The van der Waals surface area contributed by atoms with E-state index in [4.69, 9.17) is 9.84 Å². The van der Waals surface area contributed by atoms with Gasteiger partial charge in [-0.1, -0.05) is 12.5 Å². The molecule has 1 aromatic carbocycles. The Kier molecular flexibility index (Phi) is 4.84. The van der Waals surface area contributed by atoms with E-state index in [0.717, 1.165) is 31.4 Å². The van der Waals surface area contributed by atoms with Gasteiger partial charge < -0.3 is 14.9 Å². The molecule has 1 heterocycles. The number of aliphatic carboxylic acids is 1. The van der Waals surface area contributed by atoms with Crippen molar-refractivity contribution in [3.05, 3.63) is 23.8 Å². The van der Waals surface area contributed by atoms with Crippen LogP contribution in [0.25, 0.3) is 0 Å². The molecule has 1 fully saturated rings. The van der Waals surface area contributed by atoms with E-state index in [0.29, 0.717) is 12.3 Å². The number of aromatic hydroxyl groups is 1. The fourth-order valence-electron chi connectivity index (χ4n) is 2.72. The number of phenols is 1. The number of ether oxygens (including phenoxy) is 1. The number of nitrogens with zero attached hydrogens (tertiary/aromatic N) is 1. The third kappa shape index (κ3) is 3.63. The van der Waals surface area contributed by atoms with Gasteiger partial charge in [0.25, 0.3) is 0 Å². The molecule has 5 heteroatoms. The highest BCUT2D eigenvalue weighted by atomic mass is 16.5. The summed E-state index contributed by atoms with van der Waals surface area (Å²) in [6.07, 6.45) is 3.22. The van der Waals surface area contributed by atoms with Gasteiger partial charge in [0.2, 0.25) is 0 Å². The van der Waals surface area contributed by atoms with Gasteiger partial charge in [-0.3, -0.25) is 9.69 Å². The van der Waals surface area contributed by atoms with Gasteiger partial charge in [-0.2, -0.15) is 0 Å². The lowest BCUT2D eigenvalue weighted by Gasteiger charge is -2.35. The Bertz CT molecular complexity index is 475. The molecule has 1 aliphatic rings. The summed E-state index contributed by atoms with van der Waals surface area (Å²) in [5.41, 5.74) is 0.808. The molecule has 0 bridgehead atoms. The largest absolute Gasteiger partial charge is 0.507 e. The van der Waals surface area contributed by atoms with Crippen LogP contribution < -0.4 is 4.74 Å². The summed E-state index contributed by atoms with van der Waals surface area (Å²) in [7, 11) is 1.56. The zero-order valence-corrected chi connectivity index (χ0v) is 11.7. The number of methoxy groups -OCH3 is 1. The maximum Gasteiger partial charge on any atom is 0.304 e. The van der Waals surface area contributed by atoms with Gasteiger partial charge in [-0.25, -0.2) is 0 Å². The number of hydrogen-bond acceptors (Lipinski definition) is 4. The summed E-state index contributed by atoms with van der Waals surface area (Å²) in [6, 6.07) is 5.29. The zero-order chi connectivity index (χ0) is 14.5.